The summed E-state index contributed by atoms with van der Waals surface area (Å²) in [5.74, 6) is 1.24. The summed E-state index contributed by atoms with van der Waals surface area (Å²) < 4.78 is 9.12. The van der Waals surface area contributed by atoms with Gasteiger partial charge in [0.05, 0.1) is 34.8 Å². The first kappa shape index (κ1) is 23.1. The summed E-state index contributed by atoms with van der Waals surface area (Å²) in [6, 6.07) is 22.2. The fourth-order valence-corrected chi connectivity index (χ4v) is 4.79. The zero-order chi connectivity index (χ0) is 24.5. The molecule has 0 bridgehead atoms. The second-order valence-corrected chi connectivity index (χ2v) is 9.44. The number of aromatic nitrogens is 3. The van der Waals surface area contributed by atoms with E-state index in [1.165, 1.54) is 6.20 Å². The lowest BCUT2D eigenvalue weighted by atomic mass is 10.1. The number of ether oxygens (including phenoxy) is 1. The largest absolute Gasteiger partial charge is 0.457 e. The van der Waals surface area contributed by atoms with Crippen molar-refractivity contribution in [1.82, 2.24) is 14.8 Å². The van der Waals surface area contributed by atoms with Gasteiger partial charge in [-0.25, -0.2) is 4.68 Å². The lowest BCUT2D eigenvalue weighted by Crippen LogP contribution is -2.09. The van der Waals surface area contributed by atoms with E-state index in [2.05, 4.69) is 54.7 Å². The van der Waals surface area contributed by atoms with Gasteiger partial charge in [-0.1, -0.05) is 44.6 Å². The molecule has 0 unspecified atom stereocenters. The van der Waals surface area contributed by atoms with E-state index in [1.54, 1.807) is 28.9 Å². The monoisotopic (exact) mass is 637 g/mol. The Labute approximate surface area is 222 Å². The van der Waals surface area contributed by atoms with Crippen molar-refractivity contribution in [3.05, 3.63) is 99.8 Å². The first-order valence-corrected chi connectivity index (χ1v) is 12.8. The van der Waals surface area contributed by atoms with Crippen LogP contribution < -0.4 is 10.5 Å². The van der Waals surface area contributed by atoms with Crippen LogP contribution in [-0.2, 0) is 4.43 Å². The number of carbonyl (C=O) groups excluding carboxylic acids is 1. The number of hydrogen-bond acceptors (Lipinski definition) is 5. The van der Waals surface area contributed by atoms with Gasteiger partial charge in [-0.15, -0.1) is 0 Å². The second-order valence-electron chi connectivity index (χ2n) is 7.76. The topological polar surface area (TPSA) is 110 Å². The molecule has 0 aliphatic rings. The van der Waals surface area contributed by atoms with Crippen molar-refractivity contribution in [2.75, 3.05) is 5.73 Å². The van der Waals surface area contributed by atoms with Gasteiger partial charge in [-0.05, 0) is 66.2 Å². The summed E-state index contributed by atoms with van der Waals surface area (Å²) in [5, 5.41) is 14.4. The average Bonchev–Trinajstić information content (AvgIpc) is 3.46. The van der Waals surface area contributed by atoms with Gasteiger partial charge in [0.2, 0.25) is 5.78 Å². The SMILES string of the molecule is N#Cc1cccc(Oc2ccc(-n3ncc(C(=O)c4cc5cc(Br)ccc5[nH]4)c3N)c(CI)c2)c1. The Morgan fingerprint density at radius 1 is 1.14 bits per heavy atom. The number of alkyl halides is 1. The molecule has 0 fully saturated rings. The third-order valence-corrected chi connectivity index (χ3v) is 6.82. The predicted octanol–water partition coefficient (Wildman–Crippen LogP) is 6.53. The van der Waals surface area contributed by atoms with Crippen LogP contribution in [0.3, 0.4) is 0 Å². The first-order valence-electron chi connectivity index (χ1n) is 10.5. The normalized spacial score (nSPS) is 10.9. The highest BCUT2D eigenvalue weighted by molar-refractivity contribution is 14.1. The number of nitrogens with two attached hydrogens (primary N) is 1. The van der Waals surface area contributed by atoms with Crippen molar-refractivity contribution in [1.29, 1.82) is 5.26 Å². The van der Waals surface area contributed by atoms with Crippen LogP contribution in [0.1, 0.15) is 27.2 Å². The summed E-state index contributed by atoms with van der Waals surface area (Å²) in [5.41, 5.74) is 10.3. The van der Waals surface area contributed by atoms with Crippen molar-refractivity contribution in [2.24, 2.45) is 0 Å². The molecule has 0 aliphatic heterocycles. The van der Waals surface area contributed by atoms with Gasteiger partial charge in [-0.3, -0.25) is 4.79 Å². The van der Waals surface area contributed by atoms with Gasteiger partial charge < -0.3 is 15.5 Å². The molecule has 0 saturated carbocycles. The van der Waals surface area contributed by atoms with E-state index in [1.807, 2.05) is 42.5 Å². The number of nitrogens with zero attached hydrogens (tertiary/aromatic N) is 3. The number of carbonyl (C=O) groups is 1. The third kappa shape index (κ3) is 4.54. The standard InChI is InChI=1S/C26H17BrIN5O2/c27-18-4-6-22-16(9-18)11-23(32-22)25(34)21-14-31-33(26(21)30)24-7-5-20(10-17(24)12-28)35-19-3-1-2-15(8-19)13-29/h1-11,14,32H,12,30H2. The smallest absolute Gasteiger partial charge is 0.214 e. The van der Waals surface area contributed by atoms with E-state index in [4.69, 9.17) is 15.7 Å². The molecule has 5 rings (SSSR count). The molecule has 3 aromatic carbocycles. The first-order chi connectivity index (χ1) is 17.0. The van der Waals surface area contributed by atoms with E-state index in [0.29, 0.717) is 32.7 Å². The Morgan fingerprint density at radius 2 is 1.97 bits per heavy atom. The number of H-pyrrole nitrogens is 1. The Morgan fingerprint density at radius 3 is 2.77 bits per heavy atom. The molecule has 9 heteroatoms. The molecule has 0 amide bonds. The van der Waals surface area contributed by atoms with E-state index >= 15 is 0 Å². The summed E-state index contributed by atoms with van der Waals surface area (Å²) in [7, 11) is 0. The molecule has 0 spiro atoms. The number of anilines is 1. The fraction of sp³-hybridized carbons (Fsp3) is 0.0385. The maximum absolute atomic E-state index is 13.2. The number of nitrogen functional groups attached to an aromatic ring is 1. The lowest BCUT2D eigenvalue weighted by Gasteiger charge is -2.12. The molecular weight excluding hydrogens is 621 g/mol. The highest BCUT2D eigenvalue weighted by Crippen LogP contribution is 2.30. The second kappa shape index (κ2) is 9.56. The van der Waals surface area contributed by atoms with E-state index < -0.39 is 0 Å². The van der Waals surface area contributed by atoms with Crippen LogP contribution >= 0.6 is 38.5 Å². The van der Waals surface area contributed by atoms with Gasteiger partial charge >= 0.3 is 0 Å². The minimum Gasteiger partial charge on any atom is -0.457 e. The van der Waals surface area contributed by atoms with Crippen LogP contribution in [-0.4, -0.2) is 20.5 Å². The average molecular weight is 638 g/mol. The molecule has 0 radical (unpaired) electrons. The highest BCUT2D eigenvalue weighted by Gasteiger charge is 2.21. The Bertz CT molecular complexity index is 1630. The predicted molar refractivity (Wildman–Crippen MR) is 146 cm³/mol. The lowest BCUT2D eigenvalue weighted by molar-refractivity contribution is 0.103. The number of nitrogens with one attached hydrogen (secondary N) is 1. The van der Waals surface area contributed by atoms with Crippen LogP contribution in [0.5, 0.6) is 11.5 Å². The molecule has 172 valence electrons. The Balaban J connectivity index is 1.45. The van der Waals surface area contributed by atoms with Crippen LogP contribution in [0.4, 0.5) is 5.82 Å². The molecule has 35 heavy (non-hydrogen) atoms. The van der Waals surface area contributed by atoms with Crippen molar-refractivity contribution in [3.8, 4) is 23.3 Å². The molecule has 2 aromatic heterocycles. The van der Waals surface area contributed by atoms with Crippen LogP contribution in [0.25, 0.3) is 16.6 Å². The zero-order valence-electron chi connectivity index (χ0n) is 18.1. The zero-order valence-corrected chi connectivity index (χ0v) is 21.9. The van der Waals surface area contributed by atoms with Crippen molar-refractivity contribution in [3.63, 3.8) is 0 Å². The number of halogens is 2. The highest BCUT2D eigenvalue weighted by atomic mass is 127. The summed E-state index contributed by atoms with van der Waals surface area (Å²) in [6.07, 6.45) is 1.49. The Kier molecular flexibility index (Phi) is 6.32. The minimum atomic E-state index is -0.227. The van der Waals surface area contributed by atoms with Gasteiger partial charge in [0.15, 0.2) is 0 Å². The molecule has 2 heterocycles. The van der Waals surface area contributed by atoms with Gasteiger partial charge in [0.1, 0.15) is 17.3 Å². The number of aromatic amines is 1. The van der Waals surface area contributed by atoms with E-state index in [9.17, 15) is 4.79 Å². The van der Waals surface area contributed by atoms with Crippen molar-refractivity contribution < 1.29 is 9.53 Å². The van der Waals surface area contributed by atoms with Crippen molar-refractivity contribution in [2.45, 2.75) is 4.43 Å². The van der Waals surface area contributed by atoms with Gasteiger partial charge in [0, 0.05) is 19.8 Å². The van der Waals surface area contributed by atoms with E-state index in [-0.39, 0.29) is 11.6 Å². The summed E-state index contributed by atoms with van der Waals surface area (Å²) in [6.45, 7) is 0. The number of rotatable bonds is 6. The molecule has 3 N–H and O–H groups in total. The molecule has 5 aromatic rings. The molecule has 0 saturated heterocycles. The number of hydrogen-bond donors (Lipinski definition) is 2. The number of nitriles is 1. The number of benzene rings is 3. The fourth-order valence-electron chi connectivity index (χ4n) is 3.80. The van der Waals surface area contributed by atoms with Gasteiger partial charge in [0.25, 0.3) is 0 Å². The molecule has 7 nitrogen and oxygen atoms in total. The number of ketones is 1. The maximum atomic E-state index is 13.2. The van der Waals surface area contributed by atoms with Crippen molar-refractivity contribution >= 4 is 61.0 Å². The van der Waals surface area contributed by atoms with Crippen LogP contribution in [0.15, 0.2) is 77.4 Å². The van der Waals surface area contributed by atoms with Gasteiger partial charge in [-0.2, -0.15) is 10.4 Å². The van der Waals surface area contributed by atoms with Crippen LogP contribution in [0.2, 0.25) is 0 Å². The van der Waals surface area contributed by atoms with E-state index in [0.717, 1.165) is 26.6 Å². The number of fused-ring (bicyclic) bond motifs is 1. The Hall–Kier alpha value is -3.62. The summed E-state index contributed by atoms with van der Waals surface area (Å²) in [4.78, 5) is 16.4. The minimum absolute atomic E-state index is 0.227. The third-order valence-electron chi connectivity index (χ3n) is 5.50. The molecule has 0 atom stereocenters. The quantitative estimate of drug-likeness (QED) is 0.125. The molecular formula is C26H17BrIN5O2. The summed E-state index contributed by atoms with van der Waals surface area (Å²) >= 11 is 5.71. The maximum Gasteiger partial charge on any atom is 0.214 e. The molecule has 0 aliphatic carbocycles. The van der Waals surface area contributed by atoms with Crippen LogP contribution in [0, 0.1) is 11.3 Å².